The third-order valence-corrected chi connectivity index (χ3v) is 7.73. The van der Waals surface area contributed by atoms with Gasteiger partial charge in [-0.25, -0.2) is 9.78 Å². The van der Waals surface area contributed by atoms with Crippen molar-refractivity contribution in [2.45, 2.75) is 66.6 Å². The second-order valence-electron chi connectivity index (χ2n) is 9.57. The van der Waals surface area contributed by atoms with Crippen molar-refractivity contribution in [3.8, 4) is 5.88 Å². The minimum Gasteiger partial charge on any atom is -0.479 e. The van der Waals surface area contributed by atoms with Crippen LogP contribution in [0.1, 0.15) is 55.4 Å². The van der Waals surface area contributed by atoms with Crippen LogP contribution in [0.25, 0.3) is 11.2 Å². The van der Waals surface area contributed by atoms with Gasteiger partial charge < -0.3 is 23.4 Å². The topological polar surface area (TPSA) is 136 Å². The van der Waals surface area contributed by atoms with Crippen molar-refractivity contribution < 1.29 is 37.6 Å². The molecule has 0 spiro atoms. The number of ether oxygens (including phenoxy) is 2. The normalized spacial score (nSPS) is 12.6. The van der Waals surface area contributed by atoms with Gasteiger partial charge in [-0.05, 0) is 55.4 Å². The van der Waals surface area contributed by atoms with Crippen molar-refractivity contribution in [1.29, 1.82) is 0 Å². The lowest BCUT2D eigenvalue weighted by atomic mass is 10.2. The first-order chi connectivity index (χ1) is 17.2. The molecule has 0 atom stereocenters. The molecule has 0 bridgehead atoms. The summed E-state index contributed by atoms with van der Waals surface area (Å²) in [6.45, 7) is 15.0. The van der Waals surface area contributed by atoms with Crippen LogP contribution < -0.4 is 14.6 Å². The smallest absolute Gasteiger partial charge is 0.442 e. The molecular weight excluding hydrogens is 525 g/mol. The predicted molar refractivity (Wildman–Crippen MR) is 141 cm³/mol. The molecule has 0 fully saturated rings. The molecule has 0 aromatic carbocycles. The number of fused-ring (bicyclic) bond motifs is 1. The van der Waals surface area contributed by atoms with Gasteiger partial charge in [0.05, 0.1) is 31.4 Å². The Bertz CT molecular complexity index is 1080. The largest absolute Gasteiger partial charge is 0.479 e. The lowest BCUT2D eigenvalue weighted by Crippen LogP contribution is -2.42. The van der Waals surface area contributed by atoms with Crippen molar-refractivity contribution in [3.05, 3.63) is 6.33 Å². The van der Waals surface area contributed by atoms with Crippen molar-refractivity contribution in [3.63, 3.8) is 0 Å². The standard InChI is InChI=1S/C22H38N5O8PS/c1-10-32-36(29,33-11-2)15-37-13-12-31-26-14-23-16-17(26)24-19(25-18(16)30-9)27(35-22(6,7)8)20(28)34-21(3,4)5/h14H,10-13,15H2,1-9H3. The Balaban J connectivity index is 2.26. The van der Waals surface area contributed by atoms with Gasteiger partial charge in [0.15, 0.2) is 5.52 Å². The van der Waals surface area contributed by atoms with Gasteiger partial charge in [0, 0.05) is 5.75 Å². The molecule has 2 heterocycles. The first-order valence-corrected chi connectivity index (χ1v) is 14.7. The average molecular weight is 564 g/mol. The highest BCUT2D eigenvalue weighted by atomic mass is 32.2. The molecule has 1 amide bonds. The lowest BCUT2D eigenvalue weighted by Gasteiger charge is -2.30. The first-order valence-electron chi connectivity index (χ1n) is 11.8. The van der Waals surface area contributed by atoms with Crippen LogP contribution in [0.5, 0.6) is 5.88 Å². The Morgan fingerprint density at radius 1 is 1.08 bits per heavy atom. The number of imidazole rings is 1. The van der Waals surface area contributed by atoms with Crippen molar-refractivity contribution >= 4 is 42.6 Å². The fourth-order valence-electron chi connectivity index (χ4n) is 2.78. The minimum atomic E-state index is -3.14. The average Bonchev–Trinajstić information content (AvgIpc) is 3.18. The molecule has 0 N–H and O–H groups in total. The Labute approximate surface area is 221 Å². The number of anilines is 1. The molecule has 37 heavy (non-hydrogen) atoms. The van der Waals surface area contributed by atoms with E-state index in [2.05, 4.69) is 15.0 Å². The number of carbonyl (C=O) groups excluding carboxylic acids is 1. The van der Waals surface area contributed by atoms with E-state index >= 15 is 0 Å². The highest BCUT2D eigenvalue weighted by Gasteiger charge is 2.32. The van der Waals surface area contributed by atoms with E-state index in [1.165, 1.54) is 29.9 Å². The SMILES string of the molecule is CCOP(=O)(CSCCOn1cnc2c(OC)nc(N(OC(C)(C)C)C(=O)OC(C)(C)C)nc21)OCC. The Kier molecular flexibility index (Phi) is 11.0. The molecule has 0 aliphatic carbocycles. The number of hydrogen-bond donors (Lipinski definition) is 0. The fraction of sp³-hybridized carbons (Fsp3) is 0.727. The van der Waals surface area contributed by atoms with Crippen molar-refractivity contribution in [2.24, 2.45) is 0 Å². The van der Waals surface area contributed by atoms with Gasteiger partial charge in [-0.2, -0.15) is 14.7 Å². The summed E-state index contributed by atoms with van der Waals surface area (Å²) in [5.74, 6) is 0.510. The molecule has 2 rings (SSSR count). The summed E-state index contributed by atoms with van der Waals surface area (Å²) in [5, 5.41) is 0.888. The number of aromatic nitrogens is 4. The molecule has 0 saturated carbocycles. The summed E-state index contributed by atoms with van der Waals surface area (Å²) < 4.78 is 35.4. The van der Waals surface area contributed by atoms with Crippen molar-refractivity contribution in [2.75, 3.05) is 43.2 Å². The van der Waals surface area contributed by atoms with E-state index in [1.54, 1.807) is 55.4 Å². The third-order valence-electron chi connectivity index (χ3n) is 3.98. The molecule has 13 nitrogen and oxygen atoms in total. The van der Waals surface area contributed by atoms with E-state index in [4.69, 9.17) is 28.2 Å². The van der Waals surface area contributed by atoms with Gasteiger partial charge >= 0.3 is 13.7 Å². The van der Waals surface area contributed by atoms with Gasteiger partial charge in [0.1, 0.15) is 18.5 Å². The van der Waals surface area contributed by atoms with Crippen LogP contribution in [0, 0.1) is 0 Å². The van der Waals surface area contributed by atoms with E-state index in [0.29, 0.717) is 24.5 Å². The van der Waals surface area contributed by atoms with Gasteiger partial charge in [-0.15, -0.1) is 16.8 Å². The van der Waals surface area contributed by atoms with Crippen LogP contribution in [0.3, 0.4) is 0 Å². The summed E-state index contributed by atoms with van der Waals surface area (Å²) >= 11 is 1.38. The lowest BCUT2D eigenvalue weighted by molar-refractivity contribution is -0.0373. The van der Waals surface area contributed by atoms with E-state index in [0.717, 1.165) is 5.06 Å². The Morgan fingerprint density at radius 2 is 1.73 bits per heavy atom. The highest BCUT2D eigenvalue weighted by Crippen LogP contribution is 2.50. The quantitative estimate of drug-likeness (QED) is 0.190. The molecule has 2 aromatic rings. The summed E-state index contributed by atoms with van der Waals surface area (Å²) in [7, 11) is -1.71. The summed E-state index contributed by atoms with van der Waals surface area (Å²) in [4.78, 5) is 37.7. The zero-order valence-corrected chi connectivity index (χ0v) is 24.7. The van der Waals surface area contributed by atoms with Crippen LogP contribution in [0.15, 0.2) is 6.33 Å². The number of hydroxylamine groups is 1. The van der Waals surface area contributed by atoms with Crippen molar-refractivity contribution in [1.82, 2.24) is 19.7 Å². The molecule has 0 aliphatic heterocycles. The van der Waals surface area contributed by atoms with Crippen LogP contribution in [0.2, 0.25) is 0 Å². The summed E-state index contributed by atoms with van der Waals surface area (Å²) in [5.41, 5.74) is -0.749. The second kappa shape index (κ2) is 13.1. The van der Waals surface area contributed by atoms with E-state index < -0.39 is 24.9 Å². The number of rotatable bonds is 13. The number of amides is 1. The molecule has 0 radical (unpaired) electrons. The predicted octanol–water partition coefficient (Wildman–Crippen LogP) is 4.69. The molecule has 0 aliphatic rings. The van der Waals surface area contributed by atoms with E-state index in [1.807, 2.05) is 0 Å². The fourth-order valence-corrected chi connectivity index (χ4v) is 5.85. The molecule has 2 aromatic heterocycles. The number of hydrogen-bond acceptors (Lipinski definition) is 12. The monoisotopic (exact) mass is 563 g/mol. The van der Waals surface area contributed by atoms with E-state index in [9.17, 15) is 9.36 Å². The molecule has 210 valence electrons. The molecule has 0 unspecified atom stereocenters. The number of nitrogens with zero attached hydrogens (tertiary/aromatic N) is 5. The van der Waals surface area contributed by atoms with Crippen LogP contribution >= 0.6 is 19.4 Å². The minimum absolute atomic E-state index is 0.109. The third kappa shape index (κ3) is 9.60. The molecular formula is C22H38N5O8PS. The molecule has 15 heteroatoms. The van der Waals surface area contributed by atoms with E-state index in [-0.39, 0.29) is 29.6 Å². The Hall–Kier alpha value is -2.12. The zero-order valence-electron chi connectivity index (χ0n) is 23.0. The van der Waals surface area contributed by atoms with Gasteiger partial charge in [0.25, 0.3) is 5.95 Å². The maximum Gasteiger partial charge on any atom is 0.442 e. The zero-order chi connectivity index (χ0) is 27.9. The number of thioether (sulfide) groups is 1. The maximum absolute atomic E-state index is 13.0. The Morgan fingerprint density at radius 3 is 2.27 bits per heavy atom. The first kappa shape index (κ1) is 31.1. The number of methoxy groups -OCH3 is 1. The van der Waals surface area contributed by atoms with Gasteiger partial charge in [0.2, 0.25) is 11.5 Å². The van der Waals surface area contributed by atoms with Crippen LogP contribution in [0.4, 0.5) is 10.7 Å². The van der Waals surface area contributed by atoms with Gasteiger partial charge in [-0.3, -0.25) is 9.40 Å². The maximum atomic E-state index is 13.0. The summed E-state index contributed by atoms with van der Waals surface area (Å²) in [6, 6.07) is 0. The number of carbonyl (C=O) groups is 1. The van der Waals surface area contributed by atoms with Gasteiger partial charge in [-0.1, -0.05) is 0 Å². The van der Waals surface area contributed by atoms with Crippen LogP contribution in [-0.2, 0) is 23.2 Å². The molecule has 0 saturated heterocycles. The second-order valence-corrected chi connectivity index (χ2v) is 13.2. The van der Waals surface area contributed by atoms with Crippen LogP contribution in [-0.4, -0.2) is 75.2 Å². The highest BCUT2D eigenvalue weighted by molar-refractivity contribution is 8.04. The summed E-state index contributed by atoms with van der Waals surface area (Å²) in [6.07, 6.45) is 0.629.